The first-order valence-electron chi connectivity index (χ1n) is 5.93. The van der Waals surface area contributed by atoms with Crippen molar-refractivity contribution in [2.24, 2.45) is 0 Å². The number of hydrogen-bond donors (Lipinski definition) is 0. The molecule has 1 heterocycles. The zero-order chi connectivity index (χ0) is 15.5. The van der Waals surface area contributed by atoms with E-state index in [0.29, 0.717) is 4.31 Å². The van der Waals surface area contributed by atoms with Crippen molar-refractivity contribution in [1.29, 1.82) is 0 Å². The van der Waals surface area contributed by atoms with Gasteiger partial charge in [-0.1, -0.05) is 18.2 Å². The van der Waals surface area contributed by atoms with Gasteiger partial charge in [0, 0.05) is 0 Å². The Morgan fingerprint density at radius 2 is 1.71 bits per heavy atom. The molecule has 0 aliphatic heterocycles. The molecular formula is C13H12F3NO3S. The van der Waals surface area contributed by atoms with Crippen molar-refractivity contribution in [1.82, 2.24) is 4.31 Å². The fourth-order valence-corrected chi connectivity index (χ4v) is 3.16. The minimum absolute atomic E-state index is 0.138. The van der Waals surface area contributed by atoms with Gasteiger partial charge in [-0.3, -0.25) is 0 Å². The van der Waals surface area contributed by atoms with Gasteiger partial charge in [-0.2, -0.15) is 17.5 Å². The van der Waals surface area contributed by atoms with E-state index in [9.17, 15) is 21.6 Å². The molecule has 2 rings (SSSR count). The second kappa shape index (κ2) is 5.90. The van der Waals surface area contributed by atoms with Crippen LogP contribution in [-0.2, 0) is 16.6 Å². The van der Waals surface area contributed by atoms with E-state index in [1.165, 1.54) is 42.7 Å². The van der Waals surface area contributed by atoms with Gasteiger partial charge in [-0.25, -0.2) is 8.42 Å². The highest BCUT2D eigenvalue weighted by molar-refractivity contribution is 7.89. The summed E-state index contributed by atoms with van der Waals surface area (Å²) in [4.78, 5) is -0.194. The van der Waals surface area contributed by atoms with E-state index < -0.39 is 29.3 Å². The van der Waals surface area contributed by atoms with Crippen LogP contribution in [0.4, 0.5) is 13.2 Å². The predicted octanol–water partition coefficient (Wildman–Crippen LogP) is 3.03. The third-order valence-electron chi connectivity index (χ3n) is 2.65. The summed E-state index contributed by atoms with van der Waals surface area (Å²) < 4.78 is 67.9. The van der Waals surface area contributed by atoms with E-state index in [-0.39, 0.29) is 10.7 Å². The quantitative estimate of drug-likeness (QED) is 0.851. The van der Waals surface area contributed by atoms with Crippen LogP contribution >= 0.6 is 0 Å². The summed E-state index contributed by atoms with van der Waals surface area (Å²) in [7, 11) is -4.26. The van der Waals surface area contributed by atoms with Gasteiger partial charge in [0.25, 0.3) is 0 Å². The van der Waals surface area contributed by atoms with Crippen molar-refractivity contribution in [3.63, 3.8) is 0 Å². The molecule has 0 saturated heterocycles. The van der Waals surface area contributed by atoms with E-state index in [0.717, 1.165) is 0 Å². The second-order valence-corrected chi connectivity index (χ2v) is 6.22. The van der Waals surface area contributed by atoms with Crippen LogP contribution < -0.4 is 0 Å². The molecule has 0 atom stereocenters. The maximum Gasteiger partial charge on any atom is 0.402 e. The maximum absolute atomic E-state index is 12.6. The molecule has 8 heteroatoms. The molecule has 0 radical (unpaired) electrons. The van der Waals surface area contributed by atoms with E-state index in [1.807, 2.05) is 0 Å². The Balaban J connectivity index is 2.34. The molecule has 0 bridgehead atoms. The monoisotopic (exact) mass is 319 g/mol. The minimum Gasteiger partial charge on any atom is -0.468 e. The Morgan fingerprint density at radius 1 is 1.05 bits per heavy atom. The molecule has 1 aromatic carbocycles. The van der Waals surface area contributed by atoms with Crippen LogP contribution in [0.2, 0.25) is 0 Å². The van der Waals surface area contributed by atoms with Crippen LogP contribution in [0.5, 0.6) is 0 Å². The number of sulfonamides is 1. The topological polar surface area (TPSA) is 50.5 Å². The highest BCUT2D eigenvalue weighted by Gasteiger charge is 2.37. The lowest BCUT2D eigenvalue weighted by atomic mass is 10.4. The number of alkyl halides is 3. The lowest BCUT2D eigenvalue weighted by molar-refractivity contribution is -0.137. The first-order chi connectivity index (χ1) is 9.79. The zero-order valence-corrected chi connectivity index (χ0v) is 11.6. The third-order valence-corrected chi connectivity index (χ3v) is 4.45. The summed E-state index contributed by atoms with van der Waals surface area (Å²) in [6.07, 6.45) is -3.37. The van der Waals surface area contributed by atoms with Crippen molar-refractivity contribution >= 4 is 10.0 Å². The molecule has 0 amide bonds. The van der Waals surface area contributed by atoms with Gasteiger partial charge in [0.15, 0.2) is 0 Å². The summed E-state index contributed by atoms with van der Waals surface area (Å²) >= 11 is 0. The normalized spacial score (nSPS) is 12.8. The Bertz CT molecular complexity index is 666. The summed E-state index contributed by atoms with van der Waals surface area (Å²) in [5.74, 6) is 0.138. The fourth-order valence-electron chi connectivity index (χ4n) is 1.74. The number of halogens is 3. The summed E-state index contributed by atoms with van der Waals surface area (Å²) in [5.41, 5.74) is 0. The third kappa shape index (κ3) is 4.08. The van der Waals surface area contributed by atoms with Crippen LogP contribution in [0.3, 0.4) is 0 Å². The highest BCUT2D eigenvalue weighted by Crippen LogP contribution is 2.24. The molecule has 2 aromatic rings. The Hall–Kier alpha value is -1.80. The van der Waals surface area contributed by atoms with Gasteiger partial charge < -0.3 is 4.42 Å². The van der Waals surface area contributed by atoms with Gasteiger partial charge in [-0.15, -0.1) is 0 Å². The van der Waals surface area contributed by atoms with E-state index in [4.69, 9.17) is 4.42 Å². The molecule has 21 heavy (non-hydrogen) atoms. The molecular weight excluding hydrogens is 307 g/mol. The van der Waals surface area contributed by atoms with Crippen LogP contribution in [0.15, 0.2) is 58.0 Å². The van der Waals surface area contributed by atoms with Crippen molar-refractivity contribution in [2.75, 3.05) is 6.54 Å². The Kier molecular flexibility index (Phi) is 4.38. The van der Waals surface area contributed by atoms with Gasteiger partial charge in [0.2, 0.25) is 10.0 Å². The van der Waals surface area contributed by atoms with Crippen molar-refractivity contribution in [3.8, 4) is 0 Å². The predicted molar refractivity (Wildman–Crippen MR) is 68.8 cm³/mol. The molecule has 0 aliphatic carbocycles. The average molecular weight is 319 g/mol. The van der Waals surface area contributed by atoms with Gasteiger partial charge in [0.1, 0.15) is 12.3 Å². The summed E-state index contributed by atoms with van der Waals surface area (Å²) in [6.45, 7) is -2.06. The summed E-state index contributed by atoms with van der Waals surface area (Å²) in [5, 5.41) is 0. The molecule has 0 N–H and O–H groups in total. The first kappa shape index (κ1) is 15.6. The Morgan fingerprint density at radius 3 is 2.24 bits per heavy atom. The molecule has 4 nitrogen and oxygen atoms in total. The number of hydrogen-bond acceptors (Lipinski definition) is 3. The largest absolute Gasteiger partial charge is 0.468 e. The van der Waals surface area contributed by atoms with Gasteiger partial charge in [0.05, 0.1) is 17.7 Å². The smallest absolute Gasteiger partial charge is 0.402 e. The van der Waals surface area contributed by atoms with E-state index in [1.54, 1.807) is 6.07 Å². The molecule has 0 aliphatic rings. The SMILES string of the molecule is O=S(=O)(c1ccccc1)N(Cc1ccco1)CC(F)(F)F. The average Bonchev–Trinajstić information content (AvgIpc) is 2.90. The lowest BCUT2D eigenvalue weighted by Gasteiger charge is -2.22. The van der Waals surface area contributed by atoms with Crippen LogP contribution in [0.25, 0.3) is 0 Å². The van der Waals surface area contributed by atoms with E-state index in [2.05, 4.69) is 0 Å². The fraction of sp³-hybridized carbons (Fsp3) is 0.231. The number of furan rings is 1. The molecule has 0 fully saturated rings. The zero-order valence-electron chi connectivity index (χ0n) is 10.7. The molecule has 114 valence electrons. The van der Waals surface area contributed by atoms with Gasteiger partial charge >= 0.3 is 6.18 Å². The van der Waals surface area contributed by atoms with Crippen LogP contribution in [-0.4, -0.2) is 25.4 Å². The van der Waals surface area contributed by atoms with Crippen molar-refractivity contribution < 1.29 is 26.0 Å². The highest BCUT2D eigenvalue weighted by atomic mass is 32.2. The second-order valence-electron chi connectivity index (χ2n) is 4.28. The lowest BCUT2D eigenvalue weighted by Crippen LogP contribution is -2.38. The number of nitrogens with zero attached hydrogens (tertiary/aromatic N) is 1. The number of rotatable bonds is 5. The summed E-state index contributed by atoms with van der Waals surface area (Å²) in [6, 6.07) is 9.89. The van der Waals surface area contributed by atoms with E-state index >= 15 is 0 Å². The molecule has 0 saturated carbocycles. The van der Waals surface area contributed by atoms with Crippen molar-refractivity contribution in [3.05, 3.63) is 54.5 Å². The maximum atomic E-state index is 12.6. The van der Waals surface area contributed by atoms with Crippen molar-refractivity contribution in [2.45, 2.75) is 17.6 Å². The van der Waals surface area contributed by atoms with Crippen LogP contribution in [0, 0.1) is 0 Å². The molecule has 0 unspecified atom stereocenters. The standard InChI is InChI=1S/C13H12F3NO3S/c14-13(15,16)10-17(9-11-5-4-8-20-11)21(18,19)12-6-2-1-3-7-12/h1-8H,9-10H2. The minimum atomic E-state index is -4.64. The molecule has 0 spiro atoms. The Labute approximate surface area is 119 Å². The molecule has 1 aromatic heterocycles. The van der Waals surface area contributed by atoms with Crippen LogP contribution in [0.1, 0.15) is 5.76 Å². The number of benzene rings is 1. The first-order valence-corrected chi connectivity index (χ1v) is 7.37. The van der Waals surface area contributed by atoms with Gasteiger partial charge in [-0.05, 0) is 24.3 Å².